The number of esters is 1. The van der Waals surface area contributed by atoms with E-state index in [1.54, 1.807) is 0 Å². The quantitative estimate of drug-likeness (QED) is 0.511. The van der Waals surface area contributed by atoms with Crippen LogP contribution in [0.25, 0.3) is 0 Å². The van der Waals surface area contributed by atoms with Gasteiger partial charge in [0.1, 0.15) is 6.10 Å². The Bertz CT molecular complexity index is 261. The van der Waals surface area contributed by atoms with Gasteiger partial charge in [-0.3, -0.25) is 4.79 Å². The van der Waals surface area contributed by atoms with E-state index in [0.29, 0.717) is 11.8 Å². The first-order valence-electron chi connectivity index (χ1n) is 4.85. The van der Waals surface area contributed by atoms with Crippen LogP contribution in [0.2, 0.25) is 0 Å². The fourth-order valence-electron chi connectivity index (χ4n) is 3.64. The maximum atomic E-state index is 11.6. The van der Waals surface area contributed by atoms with Gasteiger partial charge in [0.15, 0.2) is 0 Å². The minimum absolute atomic E-state index is 0.0741. The van der Waals surface area contributed by atoms with Gasteiger partial charge in [-0.05, 0) is 31.6 Å². The Morgan fingerprint density at radius 1 is 1.50 bits per heavy atom. The summed E-state index contributed by atoms with van der Waals surface area (Å²) in [5.74, 6) is 1.93. The van der Waals surface area contributed by atoms with E-state index in [2.05, 4.69) is 13.8 Å². The normalized spacial score (nSPS) is 61.0. The summed E-state index contributed by atoms with van der Waals surface area (Å²) in [6.45, 7) is 4.32. The van der Waals surface area contributed by atoms with Gasteiger partial charge < -0.3 is 4.74 Å². The summed E-state index contributed by atoms with van der Waals surface area (Å²) in [4.78, 5) is 11.6. The summed E-state index contributed by atoms with van der Waals surface area (Å²) in [7, 11) is 0. The third kappa shape index (κ3) is 0.484. The lowest BCUT2D eigenvalue weighted by molar-refractivity contribution is -0.148. The van der Waals surface area contributed by atoms with Crippen molar-refractivity contribution < 1.29 is 9.53 Å². The molecule has 1 aliphatic heterocycles. The minimum atomic E-state index is -0.117. The van der Waals surface area contributed by atoms with Crippen molar-refractivity contribution in [3.8, 4) is 0 Å². The molecule has 12 heavy (non-hydrogen) atoms. The topological polar surface area (TPSA) is 26.3 Å². The molecule has 0 unspecified atom stereocenters. The van der Waals surface area contributed by atoms with Crippen LogP contribution in [-0.2, 0) is 9.53 Å². The van der Waals surface area contributed by atoms with Crippen molar-refractivity contribution in [3.63, 3.8) is 0 Å². The summed E-state index contributed by atoms with van der Waals surface area (Å²) < 4.78 is 5.37. The second-order valence-electron chi connectivity index (χ2n) is 4.85. The molecule has 0 aromatic rings. The van der Waals surface area contributed by atoms with E-state index in [0.717, 1.165) is 12.3 Å². The lowest BCUT2D eigenvalue weighted by Gasteiger charge is -2.29. The van der Waals surface area contributed by atoms with Gasteiger partial charge in [-0.2, -0.15) is 0 Å². The molecule has 0 aromatic carbocycles. The number of hydrogen-bond donors (Lipinski definition) is 0. The number of rotatable bonds is 0. The predicted octanol–water partition coefficient (Wildman–Crippen LogP) is 1.59. The number of hydrogen-bond acceptors (Lipinski definition) is 2. The molecular weight excluding hydrogens is 152 g/mol. The SMILES string of the molecule is C[C@H]1[C@H]2C[C@H]3OC(=O)[C@@]1(C)[C@H]3C2. The summed E-state index contributed by atoms with van der Waals surface area (Å²) in [6.07, 6.45) is 2.64. The molecule has 3 aliphatic rings. The molecule has 3 rings (SSSR count). The van der Waals surface area contributed by atoms with Gasteiger partial charge in [0.05, 0.1) is 5.41 Å². The van der Waals surface area contributed by atoms with Crippen molar-refractivity contribution in [2.45, 2.75) is 32.8 Å². The molecule has 2 saturated carbocycles. The van der Waals surface area contributed by atoms with E-state index in [4.69, 9.17) is 4.74 Å². The third-order valence-electron chi connectivity index (χ3n) is 4.66. The van der Waals surface area contributed by atoms with Gasteiger partial charge in [0.25, 0.3) is 0 Å². The van der Waals surface area contributed by atoms with Crippen molar-refractivity contribution in [2.75, 3.05) is 0 Å². The molecule has 0 radical (unpaired) electrons. The summed E-state index contributed by atoms with van der Waals surface area (Å²) in [5, 5.41) is 0. The Labute approximate surface area is 72.3 Å². The molecule has 3 fully saturated rings. The Kier molecular flexibility index (Phi) is 0.984. The molecule has 1 heterocycles. The van der Waals surface area contributed by atoms with Gasteiger partial charge in [-0.25, -0.2) is 0 Å². The summed E-state index contributed by atoms with van der Waals surface area (Å²) in [5.41, 5.74) is -0.117. The zero-order chi connectivity index (χ0) is 8.51. The van der Waals surface area contributed by atoms with Crippen molar-refractivity contribution in [2.24, 2.45) is 23.2 Å². The largest absolute Gasteiger partial charge is 0.462 e. The molecule has 5 atom stereocenters. The Hall–Kier alpha value is -0.530. The molecule has 0 spiro atoms. The molecule has 66 valence electrons. The molecule has 1 saturated heterocycles. The van der Waals surface area contributed by atoms with Crippen LogP contribution in [0.3, 0.4) is 0 Å². The average molecular weight is 166 g/mol. The van der Waals surface area contributed by atoms with Crippen LogP contribution < -0.4 is 0 Å². The zero-order valence-corrected chi connectivity index (χ0v) is 7.54. The van der Waals surface area contributed by atoms with Gasteiger partial charge in [0.2, 0.25) is 0 Å². The van der Waals surface area contributed by atoms with Crippen LogP contribution in [0, 0.1) is 23.2 Å². The molecule has 0 N–H and O–H groups in total. The smallest absolute Gasteiger partial charge is 0.312 e. The fraction of sp³-hybridized carbons (Fsp3) is 0.900. The van der Waals surface area contributed by atoms with Crippen LogP contribution in [-0.4, -0.2) is 12.1 Å². The molecule has 2 aliphatic carbocycles. The summed E-state index contributed by atoms with van der Waals surface area (Å²) >= 11 is 0. The first-order valence-corrected chi connectivity index (χ1v) is 4.85. The zero-order valence-electron chi connectivity index (χ0n) is 7.54. The van der Waals surface area contributed by atoms with E-state index in [-0.39, 0.29) is 17.5 Å². The average Bonchev–Trinajstić information content (AvgIpc) is 2.56. The van der Waals surface area contributed by atoms with E-state index >= 15 is 0 Å². The number of ether oxygens (including phenoxy) is 1. The molecule has 2 nitrogen and oxygen atoms in total. The van der Waals surface area contributed by atoms with E-state index in [1.165, 1.54) is 6.42 Å². The van der Waals surface area contributed by atoms with Crippen LogP contribution in [0.5, 0.6) is 0 Å². The summed E-state index contributed by atoms with van der Waals surface area (Å²) in [6, 6.07) is 0. The highest BCUT2D eigenvalue weighted by molar-refractivity contribution is 5.81. The lowest BCUT2D eigenvalue weighted by Crippen LogP contribution is -2.35. The van der Waals surface area contributed by atoms with Gasteiger partial charge >= 0.3 is 5.97 Å². The second kappa shape index (κ2) is 1.70. The van der Waals surface area contributed by atoms with Crippen molar-refractivity contribution in [1.29, 1.82) is 0 Å². The number of fused-ring (bicyclic) bond motifs is 1. The standard InChI is InChI=1S/C10H14O2/c1-5-6-3-7-8(4-6)12-9(11)10(5,7)2/h5-8H,3-4H2,1-2H3/t5-,6+,7-,8+,10+/m0/s1. The first-order chi connectivity index (χ1) is 5.64. The maximum absolute atomic E-state index is 11.6. The molecular formula is C10H14O2. The van der Waals surface area contributed by atoms with E-state index < -0.39 is 0 Å². The predicted molar refractivity (Wildman–Crippen MR) is 43.4 cm³/mol. The Balaban J connectivity index is 2.14. The second-order valence-corrected chi connectivity index (χ2v) is 4.85. The van der Waals surface area contributed by atoms with Gasteiger partial charge in [-0.15, -0.1) is 0 Å². The molecule has 2 bridgehead atoms. The molecule has 0 aromatic heterocycles. The minimum Gasteiger partial charge on any atom is -0.462 e. The Morgan fingerprint density at radius 2 is 2.25 bits per heavy atom. The number of carbonyl (C=O) groups excluding carboxylic acids is 1. The van der Waals surface area contributed by atoms with Crippen LogP contribution in [0.1, 0.15) is 26.7 Å². The highest BCUT2D eigenvalue weighted by Gasteiger charge is 2.67. The van der Waals surface area contributed by atoms with Crippen LogP contribution in [0.15, 0.2) is 0 Å². The van der Waals surface area contributed by atoms with Gasteiger partial charge in [0, 0.05) is 5.92 Å². The fourth-order valence-corrected chi connectivity index (χ4v) is 3.64. The van der Waals surface area contributed by atoms with Crippen molar-refractivity contribution in [1.82, 2.24) is 0 Å². The van der Waals surface area contributed by atoms with E-state index in [9.17, 15) is 4.79 Å². The van der Waals surface area contributed by atoms with Crippen molar-refractivity contribution >= 4 is 5.97 Å². The third-order valence-corrected chi connectivity index (χ3v) is 4.66. The van der Waals surface area contributed by atoms with Crippen LogP contribution in [0.4, 0.5) is 0 Å². The van der Waals surface area contributed by atoms with Crippen LogP contribution >= 0.6 is 0 Å². The van der Waals surface area contributed by atoms with Gasteiger partial charge in [-0.1, -0.05) is 6.92 Å². The molecule has 0 amide bonds. The monoisotopic (exact) mass is 166 g/mol. The Morgan fingerprint density at radius 3 is 2.83 bits per heavy atom. The number of carbonyl (C=O) groups is 1. The maximum Gasteiger partial charge on any atom is 0.312 e. The first kappa shape index (κ1) is 6.93. The molecule has 2 heteroatoms. The lowest BCUT2D eigenvalue weighted by atomic mass is 9.69. The highest BCUT2D eigenvalue weighted by Crippen LogP contribution is 2.64. The highest BCUT2D eigenvalue weighted by atomic mass is 16.6. The van der Waals surface area contributed by atoms with Crippen molar-refractivity contribution in [3.05, 3.63) is 0 Å². The van der Waals surface area contributed by atoms with E-state index in [1.807, 2.05) is 0 Å².